The molecule has 0 radical (unpaired) electrons. The molecule has 1 N–H and O–H groups in total. The lowest BCUT2D eigenvalue weighted by Gasteiger charge is -2.22. The van der Waals surface area contributed by atoms with Crippen LogP contribution in [0.15, 0.2) is 76.7 Å². The Morgan fingerprint density at radius 3 is 2.51 bits per heavy atom. The summed E-state index contributed by atoms with van der Waals surface area (Å²) < 4.78 is 29.7. The van der Waals surface area contributed by atoms with Crippen LogP contribution in [0.3, 0.4) is 0 Å². The van der Waals surface area contributed by atoms with Gasteiger partial charge in [0.1, 0.15) is 6.04 Å². The Morgan fingerprint density at radius 2 is 1.77 bits per heavy atom. The van der Waals surface area contributed by atoms with E-state index in [9.17, 15) is 13.2 Å². The highest BCUT2D eigenvalue weighted by Gasteiger charge is 2.39. The van der Waals surface area contributed by atoms with Crippen LogP contribution in [-0.4, -0.2) is 42.0 Å². The van der Waals surface area contributed by atoms with Crippen LogP contribution in [-0.2, 0) is 21.4 Å². The molecule has 1 aliphatic heterocycles. The zero-order valence-electron chi connectivity index (χ0n) is 20.9. The van der Waals surface area contributed by atoms with Gasteiger partial charge in [-0.25, -0.2) is 13.8 Å². The normalized spacial score (nSPS) is 16.4. The number of nitrogens with zero attached hydrogens (tertiary/aromatic N) is 3. The molecule has 1 saturated heterocycles. The quantitative estimate of drug-likeness (QED) is 0.200. The zero-order chi connectivity index (χ0) is 27.7. The molecular formula is C28H25Cl3N4O3S. The van der Waals surface area contributed by atoms with Crippen LogP contribution in [0.2, 0.25) is 15.1 Å². The van der Waals surface area contributed by atoms with Gasteiger partial charge in [0.25, 0.3) is 5.91 Å². The molecule has 1 atom stereocenters. The van der Waals surface area contributed by atoms with Gasteiger partial charge < -0.3 is 4.57 Å². The molecule has 0 spiro atoms. The maximum absolute atomic E-state index is 13.2. The number of hydrogen-bond acceptors (Lipinski definition) is 4. The first-order valence-corrected chi connectivity index (χ1v) is 14.9. The average molecular weight is 604 g/mol. The molecule has 0 bridgehead atoms. The predicted molar refractivity (Wildman–Crippen MR) is 156 cm³/mol. The lowest BCUT2D eigenvalue weighted by Crippen LogP contribution is -2.44. The van der Waals surface area contributed by atoms with Crippen LogP contribution in [0.1, 0.15) is 29.7 Å². The van der Waals surface area contributed by atoms with Gasteiger partial charge in [-0.15, -0.1) is 0 Å². The molecule has 5 rings (SSSR count). The molecule has 0 aliphatic carbocycles. The topological polar surface area (TPSA) is 83.8 Å². The molecular weight excluding hydrogens is 579 g/mol. The van der Waals surface area contributed by atoms with Crippen molar-refractivity contribution < 1.29 is 13.2 Å². The number of hydrogen-bond donors (Lipinski definition) is 1. The van der Waals surface area contributed by atoms with Crippen LogP contribution in [0.5, 0.6) is 0 Å². The van der Waals surface area contributed by atoms with Crippen molar-refractivity contribution in [3.63, 3.8) is 0 Å². The van der Waals surface area contributed by atoms with Crippen LogP contribution < -0.4 is 5.43 Å². The molecule has 1 fully saturated rings. The van der Waals surface area contributed by atoms with Crippen molar-refractivity contribution in [2.75, 3.05) is 6.54 Å². The van der Waals surface area contributed by atoms with E-state index in [1.165, 1.54) is 28.6 Å². The van der Waals surface area contributed by atoms with Gasteiger partial charge in [0, 0.05) is 50.3 Å². The third kappa shape index (κ3) is 5.58. The molecule has 1 amide bonds. The molecule has 4 aromatic rings. The standard InChI is InChI=1S/C28H25Cl3N4O3S/c1-18-24(23-5-2-3-6-26(23)34(18)17-19-8-9-21(30)15-25(19)31)16-32-33-28(36)27-7-4-14-35(27)39(37,38)22-12-10-20(29)11-13-22/h2-3,5-6,8-13,15-16,27H,4,7,14,17H2,1H3,(H,33,36)/b32-16-/t27-/m0/s1. The number of benzene rings is 3. The van der Waals surface area contributed by atoms with Gasteiger partial charge in [-0.3, -0.25) is 4.79 Å². The van der Waals surface area contributed by atoms with E-state index in [2.05, 4.69) is 15.1 Å². The van der Waals surface area contributed by atoms with Crippen LogP contribution in [0.4, 0.5) is 0 Å². The number of aromatic nitrogens is 1. The number of rotatable bonds is 7. The van der Waals surface area contributed by atoms with Crippen molar-refractivity contribution in [1.82, 2.24) is 14.3 Å². The second kappa shape index (κ2) is 11.3. The van der Waals surface area contributed by atoms with E-state index in [-0.39, 0.29) is 11.4 Å². The maximum Gasteiger partial charge on any atom is 0.258 e. The predicted octanol–water partition coefficient (Wildman–Crippen LogP) is 6.26. The molecule has 3 aromatic carbocycles. The molecule has 0 saturated carbocycles. The molecule has 1 aromatic heterocycles. The van der Waals surface area contributed by atoms with Crippen molar-refractivity contribution in [2.45, 2.75) is 37.2 Å². The minimum absolute atomic E-state index is 0.0966. The van der Waals surface area contributed by atoms with E-state index >= 15 is 0 Å². The molecule has 202 valence electrons. The smallest absolute Gasteiger partial charge is 0.258 e. The largest absolute Gasteiger partial charge is 0.340 e. The lowest BCUT2D eigenvalue weighted by molar-refractivity contribution is -0.124. The molecule has 1 aliphatic rings. The number of amides is 1. The van der Waals surface area contributed by atoms with E-state index in [0.717, 1.165) is 27.7 Å². The zero-order valence-corrected chi connectivity index (χ0v) is 24.0. The Hall–Kier alpha value is -2.88. The summed E-state index contributed by atoms with van der Waals surface area (Å²) in [4.78, 5) is 13.2. The molecule has 7 nitrogen and oxygen atoms in total. The highest BCUT2D eigenvalue weighted by Crippen LogP contribution is 2.29. The first kappa shape index (κ1) is 27.7. The van der Waals surface area contributed by atoms with Gasteiger partial charge >= 0.3 is 0 Å². The summed E-state index contributed by atoms with van der Waals surface area (Å²) in [7, 11) is -3.86. The van der Waals surface area contributed by atoms with E-state index in [1.807, 2.05) is 37.3 Å². The Labute approximate surface area is 242 Å². The minimum Gasteiger partial charge on any atom is -0.340 e. The highest BCUT2D eigenvalue weighted by molar-refractivity contribution is 7.89. The Bertz CT molecular complexity index is 1680. The second-order valence-electron chi connectivity index (χ2n) is 9.30. The van der Waals surface area contributed by atoms with Crippen LogP contribution >= 0.6 is 34.8 Å². The summed E-state index contributed by atoms with van der Waals surface area (Å²) in [5, 5.41) is 6.78. The van der Waals surface area contributed by atoms with Gasteiger partial charge in [-0.2, -0.15) is 9.41 Å². The van der Waals surface area contributed by atoms with Crippen LogP contribution in [0.25, 0.3) is 10.9 Å². The van der Waals surface area contributed by atoms with E-state index < -0.39 is 22.0 Å². The van der Waals surface area contributed by atoms with Gasteiger partial charge in [0.2, 0.25) is 10.0 Å². The average Bonchev–Trinajstić information content (AvgIpc) is 3.51. The van der Waals surface area contributed by atoms with E-state index in [0.29, 0.717) is 34.5 Å². The number of halogens is 3. The summed E-state index contributed by atoms with van der Waals surface area (Å²) in [5.74, 6) is -0.476. The summed E-state index contributed by atoms with van der Waals surface area (Å²) in [5.41, 5.74) is 6.25. The van der Waals surface area contributed by atoms with Gasteiger partial charge in [0.05, 0.1) is 11.1 Å². The molecule has 0 unspecified atom stereocenters. The highest BCUT2D eigenvalue weighted by atomic mass is 35.5. The molecule has 39 heavy (non-hydrogen) atoms. The minimum atomic E-state index is -3.86. The van der Waals surface area contributed by atoms with Gasteiger partial charge in [-0.05, 0) is 67.8 Å². The fourth-order valence-corrected chi connectivity index (χ4v) is 7.16. The van der Waals surface area contributed by atoms with Crippen molar-refractivity contribution in [2.24, 2.45) is 5.10 Å². The number of sulfonamides is 1. The third-order valence-electron chi connectivity index (χ3n) is 6.92. The number of carbonyl (C=O) groups is 1. The van der Waals surface area contributed by atoms with Crippen molar-refractivity contribution >= 4 is 67.9 Å². The van der Waals surface area contributed by atoms with Gasteiger partial charge in [0.15, 0.2) is 0 Å². The third-order valence-corrected chi connectivity index (χ3v) is 9.68. The maximum atomic E-state index is 13.2. The first-order valence-electron chi connectivity index (χ1n) is 12.3. The van der Waals surface area contributed by atoms with Crippen molar-refractivity contribution in [3.05, 3.63) is 98.6 Å². The lowest BCUT2D eigenvalue weighted by atomic mass is 10.1. The summed E-state index contributed by atoms with van der Waals surface area (Å²) in [6.07, 6.45) is 2.59. The van der Waals surface area contributed by atoms with E-state index in [1.54, 1.807) is 18.3 Å². The number of hydrazone groups is 1. The van der Waals surface area contributed by atoms with Crippen molar-refractivity contribution in [3.8, 4) is 0 Å². The monoisotopic (exact) mass is 602 g/mol. The Morgan fingerprint density at radius 1 is 1.05 bits per heavy atom. The first-order chi connectivity index (χ1) is 18.7. The fourth-order valence-electron chi connectivity index (χ4n) is 4.91. The SMILES string of the molecule is Cc1c(/C=N\NC(=O)[C@@H]2CCCN2S(=O)(=O)c2ccc(Cl)cc2)c2ccccc2n1Cc1ccc(Cl)cc1Cl. The fraction of sp³-hybridized carbons (Fsp3) is 0.214. The molecule has 2 heterocycles. The number of fused-ring (bicyclic) bond motifs is 1. The van der Waals surface area contributed by atoms with E-state index in [4.69, 9.17) is 34.8 Å². The number of para-hydroxylation sites is 1. The van der Waals surface area contributed by atoms with Crippen molar-refractivity contribution in [1.29, 1.82) is 0 Å². The number of nitrogens with one attached hydrogen (secondary N) is 1. The summed E-state index contributed by atoms with van der Waals surface area (Å²) in [6, 6.07) is 18.4. The summed E-state index contributed by atoms with van der Waals surface area (Å²) >= 11 is 18.4. The molecule has 11 heteroatoms. The van der Waals surface area contributed by atoms with Gasteiger partial charge in [-0.1, -0.05) is 59.1 Å². The number of carbonyl (C=O) groups excluding carboxylic acids is 1. The summed E-state index contributed by atoms with van der Waals surface area (Å²) in [6.45, 7) is 2.76. The second-order valence-corrected chi connectivity index (χ2v) is 12.5. The Kier molecular flexibility index (Phi) is 8.03. The van der Waals surface area contributed by atoms with Crippen LogP contribution in [0, 0.1) is 6.92 Å². The Balaban J connectivity index is 1.37.